The Balaban J connectivity index is 0.000000640. The van der Waals surface area contributed by atoms with Gasteiger partial charge in [0.2, 0.25) is 0 Å². The molecule has 0 aliphatic carbocycles. The minimum atomic E-state index is 0. The number of hydrogen-bond acceptors (Lipinski definition) is 1. The molecule has 9 heavy (non-hydrogen) atoms. The Kier molecular flexibility index (Phi) is 4.50. The van der Waals surface area contributed by atoms with Crippen molar-refractivity contribution in [1.82, 2.24) is 0 Å². The molecule has 1 atom stereocenters. The maximum Gasteiger partial charge on any atom is 0.0814 e. The van der Waals surface area contributed by atoms with Crippen molar-refractivity contribution in [1.29, 1.82) is 0 Å². The predicted octanol–water partition coefficient (Wildman–Crippen LogP) is 0.558. The van der Waals surface area contributed by atoms with E-state index in [2.05, 4.69) is 6.58 Å². The fourth-order valence-electron chi connectivity index (χ4n) is 1.02. The molecule has 2 heteroatoms. The van der Waals surface area contributed by atoms with E-state index in [0.29, 0.717) is 6.10 Å². The van der Waals surface area contributed by atoms with Crippen LogP contribution in [0.25, 0.3) is 0 Å². The van der Waals surface area contributed by atoms with E-state index in [1.54, 1.807) is 0 Å². The second-order valence-corrected chi connectivity index (χ2v) is 2.16. The third-order valence-electron chi connectivity index (χ3n) is 1.45. The summed E-state index contributed by atoms with van der Waals surface area (Å²) in [5, 5.41) is 0. The molecular formula is C7H15BO. The first kappa shape index (κ1) is 8.76. The SMILES string of the molecule is B.C=CCC1CCCO1. The summed E-state index contributed by atoms with van der Waals surface area (Å²) in [6.07, 6.45) is 5.91. The Morgan fingerprint density at radius 2 is 2.44 bits per heavy atom. The Bertz CT molecular complexity index is 77.0. The molecule has 1 saturated heterocycles. The lowest BCUT2D eigenvalue weighted by Gasteiger charge is -2.02. The third-order valence-corrected chi connectivity index (χ3v) is 1.45. The Hall–Kier alpha value is -0.235. The largest absolute Gasteiger partial charge is 0.378 e. The highest BCUT2D eigenvalue weighted by molar-refractivity contribution is 5.75. The van der Waals surface area contributed by atoms with Crippen LogP contribution in [-0.4, -0.2) is 21.1 Å². The molecule has 0 aromatic heterocycles. The lowest BCUT2D eigenvalue weighted by atomic mass is 10.2. The van der Waals surface area contributed by atoms with E-state index in [1.165, 1.54) is 12.8 Å². The van der Waals surface area contributed by atoms with Gasteiger partial charge in [0, 0.05) is 6.61 Å². The van der Waals surface area contributed by atoms with Crippen molar-refractivity contribution in [3.8, 4) is 0 Å². The highest BCUT2D eigenvalue weighted by atomic mass is 16.5. The van der Waals surface area contributed by atoms with Gasteiger partial charge in [-0.15, -0.1) is 6.58 Å². The lowest BCUT2D eigenvalue weighted by molar-refractivity contribution is 0.113. The average Bonchev–Trinajstić information content (AvgIpc) is 2.19. The highest BCUT2D eigenvalue weighted by Gasteiger charge is 2.12. The van der Waals surface area contributed by atoms with Gasteiger partial charge in [-0.3, -0.25) is 0 Å². The summed E-state index contributed by atoms with van der Waals surface area (Å²) in [6.45, 7) is 4.60. The molecule has 1 rings (SSSR count). The molecular weight excluding hydrogens is 111 g/mol. The molecule has 1 fully saturated rings. The van der Waals surface area contributed by atoms with Crippen molar-refractivity contribution in [3.05, 3.63) is 12.7 Å². The molecule has 0 radical (unpaired) electrons. The maximum absolute atomic E-state index is 5.32. The second kappa shape index (κ2) is 4.63. The van der Waals surface area contributed by atoms with E-state index < -0.39 is 0 Å². The molecule has 0 spiro atoms. The van der Waals surface area contributed by atoms with E-state index in [0.717, 1.165) is 13.0 Å². The number of hydrogen-bond donors (Lipinski definition) is 0. The first-order chi connectivity index (χ1) is 3.93. The Morgan fingerprint density at radius 3 is 2.89 bits per heavy atom. The van der Waals surface area contributed by atoms with Gasteiger partial charge < -0.3 is 4.74 Å². The molecule has 0 aromatic carbocycles. The zero-order valence-corrected chi connectivity index (χ0v) is 5.10. The van der Waals surface area contributed by atoms with E-state index in [4.69, 9.17) is 4.74 Å². The van der Waals surface area contributed by atoms with Crippen LogP contribution < -0.4 is 0 Å². The van der Waals surface area contributed by atoms with Crippen LogP contribution in [0.2, 0.25) is 0 Å². The second-order valence-electron chi connectivity index (χ2n) is 2.16. The van der Waals surface area contributed by atoms with Crippen LogP contribution in [0.3, 0.4) is 0 Å². The van der Waals surface area contributed by atoms with Gasteiger partial charge >= 0.3 is 0 Å². The minimum Gasteiger partial charge on any atom is -0.378 e. The summed E-state index contributed by atoms with van der Waals surface area (Å²) in [4.78, 5) is 0. The summed E-state index contributed by atoms with van der Waals surface area (Å²) < 4.78 is 5.32. The highest BCUT2D eigenvalue weighted by Crippen LogP contribution is 2.14. The summed E-state index contributed by atoms with van der Waals surface area (Å²) in [7, 11) is 0. The molecule has 0 saturated carbocycles. The molecule has 0 aromatic rings. The predicted molar refractivity (Wildman–Crippen MR) is 43.7 cm³/mol. The summed E-state index contributed by atoms with van der Waals surface area (Å²) in [6, 6.07) is 0. The molecule has 1 aliphatic heterocycles. The topological polar surface area (TPSA) is 9.23 Å². The zero-order valence-electron chi connectivity index (χ0n) is 5.10. The minimum absolute atomic E-state index is 0. The molecule has 0 amide bonds. The summed E-state index contributed by atoms with van der Waals surface area (Å²) in [5.74, 6) is 0. The first-order valence-electron chi connectivity index (χ1n) is 3.16. The van der Waals surface area contributed by atoms with Crippen molar-refractivity contribution < 1.29 is 4.74 Å². The van der Waals surface area contributed by atoms with Gasteiger partial charge in [0.05, 0.1) is 14.5 Å². The van der Waals surface area contributed by atoms with Crippen molar-refractivity contribution >= 4 is 8.41 Å². The van der Waals surface area contributed by atoms with Gasteiger partial charge in [-0.2, -0.15) is 0 Å². The van der Waals surface area contributed by atoms with Gasteiger partial charge in [0.1, 0.15) is 0 Å². The molecule has 1 heterocycles. The van der Waals surface area contributed by atoms with Crippen molar-refractivity contribution in [3.63, 3.8) is 0 Å². The van der Waals surface area contributed by atoms with Crippen molar-refractivity contribution in [2.75, 3.05) is 6.61 Å². The van der Waals surface area contributed by atoms with Gasteiger partial charge in [-0.05, 0) is 19.3 Å². The van der Waals surface area contributed by atoms with E-state index in [-0.39, 0.29) is 8.41 Å². The standard InChI is InChI=1S/C7H12O.BH3/c1-2-4-7-5-3-6-8-7;/h2,7H,1,3-6H2;1H3. The van der Waals surface area contributed by atoms with Crippen LogP contribution in [0.1, 0.15) is 19.3 Å². The van der Waals surface area contributed by atoms with Gasteiger partial charge in [0.25, 0.3) is 0 Å². The van der Waals surface area contributed by atoms with Gasteiger partial charge in [0.15, 0.2) is 0 Å². The van der Waals surface area contributed by atoms with E-state index in [9.17, 15) is 0 Å². The monoisotopic (exact) mass is 126 g/mol. The van der Waals surface area contributed by atoms with Crippen LogP contribution in [0, 0.1) is 0 Å². The zero-order chi connectivity index (χ0) is 5.82. The molecule has 1 aliphatic rings. The third kappa shape index (κ3) is 2.71. The molecule has 52 valence electrons. The first-order valence-corrected chi connectivity index (χ1v) is 3.16. The maximum atomic E-state index is 5.32. The van der Waals surface area contributed by atoms with Crippen LogP contribution in [0.5, 0.6) is 0 Å². The fraction of sp³-hybridized carbons (Fsp3) is 0.714. The van der Waals surface area contributed by atoms with Crippen LogP contribution in [0.15, 0.2) is 12.7 Å². The average molecular weight is 126 g/mol. The van der Waals surface area contributed by atoms with Crippen LogP contribution in [0.4, 0.5) is 0 Å². The summed E-state index contributed by atoms with van der Waals surface area (Å²) >= 11 is 0. The molecule has 0 bridgehead atoms. The molecule has 0 N–H and O–H groups in total. The van der Waals surface area contributed by atoms with Crippen molar-refractivity contribution in [2.24, 2.45) is 0 Å². The number of ether oxygens (including phenoxy) is 1. The Morgan fingerprint density at radius 1 is 1.67 bits per heavy atom. The quantitative estimate of drug-likeness (QED) is 0.388. The van der Waals surface area contributed by atoms with Gasteiger partial charge in [-0.1, -0.05) is 6.08 Å². The Labute approximate surface area is 58.7 Å². The normalized spacial score (nSPS) is 25.1. The number of rotatable bonds is 2. The van der Waals surface area contributed by atoms with E-state index in [1.807, 2.05) is 6.08 Å². The molecule has 1 unspecified atom stereocenters. The molecule has 1 nitrogen and oxygen atoms in total. The lowest BCUT2D eigenvalue weighted by Crippen LogP contribution is -2.01. The van der Waals surface area contributed by atoms with Crippen LogP contribution >= 0.6 is 0 Å². The van der Waals surface area contributed by atoms with Gasteiger partial charge in [-0.25, -0.2) is 0 Å². The van der Waals surface area contributed by atoms with Crippen molar-refractivity contribution in [2.45, 2.75) is 25.4 Å². The smallest absolute Gasteiger partial charge is 0.0814 e. The fourth-order valence-corrected chi connectivity index (χ4v) is 1.02. The summed E-state index contributed by atoms with van der Waals surface area (Å²) in [5.41, 5.74) is 0. The van der Waals surface area contributed by atoms with Crippen LogP contribution in [-0.2, 0) is 4.74 Å². The van der Waals surface area contributed by atoms with E-state index >= 15 is 0 Å².